The molecule has 0 aliphatic heterocycles. The molecule has 0 spiro atoms. The summed E-state index contributed by atoms with van der Waals surface area (Å²) in [6.45, 7) is 8.14. The summed E-state index contributed by atoms with van der Waals surface area (Å²) in [5, 5.41) is 3.41. The monoisotopic (exact) mass is 256 g/mol. The molecule has 2 rings (SSSR count). The van der Waals surface area contributed by atoms with E-state index in [2.05, 4.69) is 40.2 Å². The third-order valence-electron chi connectivity index (χ3n) is 3.08. The van der Waals surface area contributed by atoms with Crippen molar-refractivity contribution in [3.8, 4) is 0 Å². The average Bonchev–Trinajstić information content (AvgIpc) is 2.37. The fourth-order valence-corrected chi connectivity index (χ4v) is 1.98. The lowest BCUT2D eigenvalue weighted by atomic mass is 10.1. The summed E-state index contributed by atoms with van der Waals surface area (Å²) in [7, 11) is 0. The quantitative estimate of drug-likeness (QED) is 0.914. The Kier molecular flexibility index (Phi) is 4.10. The highest BCUT2D eigenvalue weighted by molar-refractivity contribution is 5.40. The standard InChI is InChI=1S/C15H20N4/c1-10-6-5-7-16-14(10)8-11(2)18-15-13(4)17-9-12(3)19-15/h5-7,9,11H,8H2,1-4H3,(H,18,19). The molecule has 0 saturated heterocycles. The Hall–Kier alpha value is -1.97. The van der Waals surface area contributed by atoms with Gasteiger partial charge < -0.3 is 5.32 Å². The molecule has 1 N–H and O–H groups in total. The molecule has 2 aromatic heterocycles. The van der Waals surface area contributed by atoms with Crippen molar-refractivity contribution in [2.75, 3.05) is 5.32 Å². The molecular weight excluding hydrogens is 236 g/mol. The van der Waals surface area contributed by atoms with Crippen molar-refractivity contribution in [2.24, 2.45) is 0 Å². The van der Waals surface area contributed by atoms with E-state index >= 15 is 0 Å². The molecule has 19 heavy (non-hydrogen) atoms. The summed E-state index contributed by atoms with van der Waals surface area (Å²) < 4.78 is 0. The Bertz CT molecular complexity index is 566. The summed E-state index contributed by atoms with van der Waals surface area (Å²) in [5.41, 5.74) is 4.20. The van der Waals surface area contributed by atoms with Gasteiger partial charge in [0.15, 0.2) is 0 Å². The molecule has 0 aliphatic carbocycles. The molecule has 0 amide bonds. The number of pyridine rings is 1. The first-order chi connectivity index (χ1) is 9.06. The van der Waals surface area contributed by atoms with Crippen molar-refractivity contribution in [1.29, 1.82) is 0 Å². The highest BCUT2D eigenvalue weighted by Gasteiger charge is 2.09. The number of aryl methyl sites for hydroxylation is 3. The number of hydrogen-bond acceptors (Lipinski definition) is 4. The summed E-state index contributed by atoms with van der Waals surface area (Å²) in [5.74, 6) is 0.862. The summed E-state index contributed by atoms with van der Waals surface area (Å²) in [6, 6.07) is 4.32. The third-order valence-corrected chi connectivity index (χ3v) is 3.08. The smallest absolute Gasteiger partial charge is 0.147 e. The number of anilines is 1. The third kappa shape index (κ3) is 3.50. The minimum absolute atomic E-state index is 0.267. The first-order valence-corrected chi connectivity index (χ1v) is 6.53. The molecule has 0 fully saturated rings. The topological polar surface area (TPSA) is 50.7 Å². The first-order valence-electron chi connectivity index (χ1n) is 6.53. The maximum Gasteiger partial charge on any atom is 0.147 e. The zero-order chi connectivity index (χ0) is 13.8. The molecule has 4 nitrogen and oxygen atoms in total. The van der Waals surface area contributed by atoms with E-state index in [-0.39, 0.29) is 6.04 Å². The lowest BCUT2D eigenvalue weighted by molar-refractivity contribution is 0.756. The number of nitrogens with zero attached hydrogens (tertiary/aromatic N) is 3. The van der Waals surface area contributed by atoms with E-state index in [1.54, 1.807) is 6.20 Å². The maximum absolute atomic E-state index is 4.48. The van der Waals surface area contributed by atoms with E-state index in [4.69, 9.17) is 0 Å². The predicted molar refractivity (Wildman–Crippen MR) is 77.3 cm³/mol. The van der Waals surface area contributed by atoms with Gasteiger partial charge in [0.2, 0.25) is 0 Å². The van der Waals surface area contributed by atoms with Gasteiger partial charge in [0.25, 0.3) is 0 Å². The lowest BCUT2D eigenvalue weighted by Crippen LogP contribution is -2.21. The zero-order valence-corrected chi connectivity index (χ0v) is 11.9. The second-order valence-corrected chi connectivity index (χ2v) is 4.96. The summed E-state index contributed by atoms with van der Waals surface area (Å²) in [4.78, 5) is 13.2. The molecule has 4 heteroatoms. The van der Waals surface area contributed by atoms with Gasteiger partial charge in [0, 0.05) is 30.6 Å². The van der Waals surface area contributed by atoms with Gasteiger partial charge in [-0.1, -0.05) is 6.07 Å². The van der Waals surface area contributed by atoms with E-state index in [1.807, 2.05) is 26.1 Å². The summed E-state index contributed by atoms with van der Waals surface area (Å²) in [6.07, 6.45) is 4.50. The van der Waals surface area contributed by atoms with Gasteiger partial charge in [-0.25, -0.2) is 4.98 Å². The van der Waals surface area contributed by atoms with Gasteiger partial charge in [-0.2, -0.15) is 0 Å². The van der Waals surface area contributed by atoms with Crippen LogP contribution in [-0.4, -0.2) is 21.0 Å². The van der Waals surface area contributed by atoms with Crippen LogP contribution < -0.4 is 5.32 Å². The van der Waals surface area contributed by atoms with Crippen molar-refractivity contribution in [1.82, 2.24) is 15.0 Å². The van der Waals surface area contributed by atoms with Gasteiger partial charge in [-0.3, -0.25) is 9.97 Å². The number of rotatable bonds is 4. The fourth-order valence-electron chi connectivity index (χ4n) is 1.98. The van der Waals surface area contributed by atoms with Crippen LogP contribution in [0.25, 0.3) is 0 Å². The number of hydrogen-bond donors (Lipinski definition) is 1. The Morgan fingerprint density at radius 3 is 2.74 bits per heavy atom. The number of aromatic nitrogens is 3. The SMILES string of the molecule is Cc1cnc(C)c(NC(C)Cc2ncccc2C)n1. The van der Waals surface area contributed by atoms with Crippen molar-refractivity contribution in [3.63, 3.8) is 0 Å². The average molecular weight is 256 g/mol. The molecule has 0 aliphatic rings. The normalized spacial score (nSPS) is 12.2. The Morgan fingerprint density at radius 1 is 1.21 bits per heavy atom. The molecule has 0 saturated carbocycles. The van der Waals surface area contributed by atoms with Crippen molar-refractivity contribution in [3.05, 3.63) is 47.2 Å². The van der Waals surface area contributed by atoms with Crippen molar-refractivity contribution in [2.45, 2.75) is 40.2 Å². The summed E-state index contributed by atoms with van der Waals surface area (Å²) >= 11 is 0. The van der Waals surface area contributed by atoms with Crippen LogP contribution in [0.4, 0.5) is 5.82 Å². The number of nitrogens with one attached hydrogen (secondary N) is 1. The molecule has 2 heterocycles. The molecule has 0 aromatic carbocycles. The van der Waals surface area contributed by atoms with Gasteiger partial charge in [-0.15, -0.1) is 0 Å². The Labute approximate surface area is 114 Å². The Balaban J connectivity index is 2.07. The molecule has 0 bridgehead atoms. The largest absolute Gasteiger partial charge is 0.366 e. The second kappa shape index (κ2) is 5.78. The molecule has 1 unspecified atom stereocenters. The maximum atomic E-state index is 4.48. The van der Waals surface area contributed by atoms with Crippen LogP contribution in [0, 0.1) is 20.8 Å². The van der Waals surface area contributed by atoms with E-state index in [9.17, 15) is 0 Å². The highest BCUT2D eigenvalue weighted by Crippen LogP contribution is 2.13. The van der Waals surface area contributed by atoms with E-state index in [1.165, 1.54) is 5.56 Å². The van der Waals surface area contributed by atoms with E-state index in [0.717, 1.165) is 29.3 Å². The zero-order valence-electron chi connectivity index (χ0n) is 11.9. The molecule has 1 atom stereocenters. The van der Waals surface area contributed by atoms with Crippen molar-refractivity contribution < 1.29 is 0 Å². The molecule has 100 valence electrons. The lowest BCUT2D eigenvalue weighted by Gasteiger charge is -2.16. The Morgan fingerprint density at radius 2 is 2.00 bits per heavy atom. The van der Waals surface area contributed by atoms with Crippen LogP contribution in [0.15, 0.2) is 24.5 Å². The van der Waals surface area contributed by atoms with E-state index < -0.39 is 0 Å². The van der Waals surface area contributed by atoms with Crippen LogP contribution >= 0.6 is 0 Å². The van der Waals surface area contributed by atoms with Gasteiger partial charge in [-0.05, 0) is 39.3 Å². The van der Waals surface area contributed by atoms with Crippen LogP contribution in [0.2, 0.25) is 0 Å². The van der Waals surface area contributed by atoms with Gasteiger partial charge in [0.1, 0.15) is 5.82 Å². The van der Waals surface area contributed by atoms with Crippen LogP contribution in [0.5, 0.6) is 0 Å². The predicted octanol–water partition coefficient (Wildman–Crippen LogP) is 2.84. The first kappa shape index (κ1) is 13.5. The second-order valence-electron chi connectivity index (χ2n) is 4.96. The fraction of sp³-hybridized carbons (Fsp3) is 0.400. The molecular formula is C15H20N4. The van der Waals surface area contributed by atoms with Gasteiger partial charge in [0.05, 0.1) is 11.4 Å². The van der Waals surface area contributed by atoms with Crippen LogP contribution in [-0.2, 0) is 6.42 Å². The molecule has 2 aromatic rings. The van der Waals surface area contributed by atoms with Crippen LogP contribution in [0.1, 0.15) is 29.6 Å². The minimum atomic E-state index is 0.267. The van der Waals surface area contributed by atoms with E-state index in [0.29, 0.717) is 0 Å². The minimum Gasteiger partial charge on any atom is -0.366 e. The van der Waals surface area contributed by atoms with Crippen LogP contribution in [0.3, 0.4) is 0 Å². The van der Waals surface area contributed by atoms with Gasteiger partial charge >= 0.3 is 0 Å². The highest BCUT2D eigenvalue weighted by atomic mass is 15.0. The van der Waals surface area contributed by atoms with Crippen molar-refractivity contribution >= 4 is 5.82 Å². The molecule has 0 radical (unpaired) electrons.